The van der Waals surface area contributed by atoms with Crippen molar-refractivity contribution in [1.82, 2.24) is 25.3 Å². The van der Waals surface area contributed by atoms with E-state index in [1.807, 2.05) is 4.90 Å². The fourth-order valence-electron chi connectivity index (χ4n) is 3.64. The highest BCUT2D eigenvalue weighted by Gasteiger charge is 2.29. The van der Waals surface area contributed by atoms with Crippen molar-refractivity contribution < 1.29 is 9.59 Å². The number of urea groups is 1. The molecule has 7 nitrogen and oxygen atoms in total. The summed E-state index contributed by atoms with van der Waals surface area (Å²) >= 11 is 3.49. The van der Waals surface area contributed by atoms with Gasteiger partial charge in [-0.15, -0.1) is 0 Å². The Labute approximate surface area is 163 Å². The summed E-state index contributed by atoms with van der Waals surface area (Å²) in [4.78, 5) is 28.8. The van der Waals surface area contributed by atoms with Gasteiger partial charge in [0.15, 0.2) is 5.69 Å². The van der Waals surface area contributed by atoms with Crippen molar-refractivity contribution in [2.24, 2.45) is 0 Å². The minimum atomic E-state index is -0.0904. The smallest absolute Gasteiger partial charge is 0.317 e. The maximum atomic E-state index is 12.7. The summed E-state index contributed by atoms with van der Waals surface area (Å²) in [6.07, 6.45) is 5.83. The van der Waals surface area contributed by atoms with Crippen LogP contribution in [0.15, 0.2) is 4.47 Å². The molecule has 1 saturated carbocycles. The quantitative estimate of drug-likeness (QED) is 0.780. The Balaban J connectivity index is 1.53. The Morgan fingerprint density at radius 3 is 2.31 bits per heavy atom. The molecule has 1 aromatic heterocycles. The second-order valence-electron chi connectivity index (χ2n) is 7.52. The second kappa shape index (κ2) is 8.41. The van der Waals surface area contributed by atoms with Crippen LogP contribution in [0.4, 0.5) is 4.79 Å². The Hall–Kier alpha value is -1.57. The van der Waals surface area contributed by atoms with Crippen LogP contribution in [-0.2, 0) is 0 Å². The van der Waals surface area contributed by atoms with Crippen LogP contribution < -0.4 is 5.32 Å². The van der Waals surface area contributed by atoms with E-state index in [-0.39, 0.29) is 17.9 Å². The molecule has 2 heterocycles. The number of nitrogens with zero attached hydrogens (tertiary/aromatic N) is 3. The SMILES string of the molecule is CC(C)c1[nH]nc(C(=O)N2CCN(C(=O)NC3CCCCC3)CC2)c1Br. The minimum Gasteiger partial charge on any atom is -0.335 e. The van der Waals surface area contributed by atoms with Crippen LogP contribution in [0.25, 0.3) is 0 Å². The van der Waals surface area contributed by atoms with Crippen LogP contribution in [0.2, 0.25) is 0 Å². The van der Waals surface area contributed by atoms with Crippen LogP contribution in [0.5, 0.6) is 0 Å². The van der Waals surface area contributed by atoms with E-state index in [0.29, 0.717) is 37.9 Å². The number of nitrogens with one attached hydrogen (secondary N) is 2. The number of piperazine rings is 1. The summed E-state index contributed by atoms with van der Waals surface area (Å²) < 4.78 is 0.745. The molecular weight excluding hydrogens is 398 g/mol. The normalized spacial score (nSPS) is 19.1. The lowest BCUT2D eigenvalue weighted by atomic mass is 9.96. The number of amides is 3. The van der Waals surface area contributed by atoms with E-state index in [0.717, 1.165) is 23.0 Å². The van der Waals surface area contributed by atoms with Gasteiger partial charge < -0.3 is 15.1 Å². The monoisotopic (exact) mass is 425 g/mol. The van der Waals surface area contributed by atoms with Crippen molar-refractivity contribution in [1.29, 1.82) is 0 Å². The van der Waals surface area contributed by atoms with Gasteiger partial charge in [0.1, 0.15) is 0 Å². The third-order valence-corrected chi connectivity index (χ3v) is 6.10. The van der Waals surface area contributed by atoms with E-state index < -0.39 is 0 Å². The number of H-pyrrole nitrogens is 1. The maximum Gasteiger partial charge on any atom is 0.317 e. The summed E-state index contributed by atoms with van der Waals surface area (Å²) in [7, 11) is 0. The average Bonchev–Trinajstić information content (AvgIpc) is 3.04. The third kappa shape index (κ3) is 4.22. The van der Waals surface area contributed by atoms with Crippen molar-refractivity contribution in [3.8, 4) is 0 Å². The molecule has 1 aliphatic carbocycles. The zero-order chi connectivity index (χ0) is 18.7. The van der Waals surface area contributed by atoms with E-state index in [1.165, 1.54) is 19.3 Å². The number of carbonyl (C=O) groups is 2. The molecule has 0 atom stereocenters. The second-order valence-corrected chi connectivity index (χ2v) is 8.31. The van der Waals surface area contributed by atoms with Crippen molar-refractivity contribution in [3.05, 3.63) is 15.9 Å². The van der Waals surface area contributed by atoms with Crippen molar-refractivity contribution in [2.45, 2.75) is 57.9 Å². The first kappa shape index (κ1) is 19.2. The first-order valence-corrected chi connectivity index (χ1v) is 10.3. The Bertz CT molecular complexity index is 646. The van der Waals surface area contributed by atoms with Gasteiger partial charge in [-0.1, -0.05) is 33.1 Å². The summed E-state index contributed by atoms with van der Waals surface area (Å²) in [6, 6.07) is 0.317. The summed E-state index contributed by atoms with van der Waals surface area (Å²) in [5, 5.41) is 10.3. The summed E-state index contributed by atoms with van der Waals surface area (Å²) in [5.41, 5.74) is 1.35. The van der Waals surface area contributed by atoms with E-state index in [1.54, 1.807) is 4.90 Å². The number of hydrogen-bond donors (Lipinski definition) is 2. The average molecular weight is 426 g/mol. The fraction of sp³-hybridized carbons (Fsp3) is 0.722. The maximum absolute atomic E-state index is 12.7. The Kier molecular flexibility index (Phi) is 6.21. The zero-order valence-corrected chi connectivity index (χ0v) is 17.1. The molecule has 144 valence electrons. The Morgan fingerprint density at radius 1 is 1.12 bits per heavy atom. The highest BCUT2D eigenvalue weighted by molar-refractivity contribution is 9.10. The van der Waals surface area contributed by atoms with Gasteiger partial charge in [0.25, 0.3) is 5.91 Å². The van der Waals surface area contributed by atoms with E-state index in [2.05, 4.69) is 45.3 Å². The molecule has 2 N–H and O–H groups in total. The van der Waals surface area contributed by atoms with Gasteiger partial charge in [0, 0.05) is 32.2 Å². The third-order valence-electron chi connectivity index (χ3n) is 5.30. The lowest BCUT2D eigenvalue weighted by Gasteiger charge is -2.35. The molecule has 2 aliphatic rings. The van der Waals surface area contributed by atoms with Crippen LogP contribution in [0.3, 0.4) is 0 Å². The predicted molar refractivity (Wildman–Crippen MR) is 103 cm³/mol. The van der Waals surface area contributed by atoms with Crippen LogP contribution in [0, 0.1) is 0 Å². The molecule has 1 saturated heterocycles. The molecule has 0 radical (unpaired) electrons. The zero-order valence-electron chi connectivity index (χ0n) is 15.6. The van der Waals surface area contributed by atoms with Gasteiger partial charge in [-0.3, -0.25) is 9.89 Å². The first-order valence-electron chi connectivity index (χ1n) is 9.56. The van der Waals surface area contributed by atoms with Crippen LogP contribution >= 0.6 is 15.9 Å². The molecular formula is C18H28BrN5O2. The van der Waals surface area contributed by atoms with E-state index in [9.17, 15) is 9.59 Å². The standard InChI is InChI=1S/C18H28BrN5O2/c1-12(2)15-14(19)16(22-21-15)17(25)23-8-10-24(11-9-23)18(26)20-13-6-4-3-5-7-13/h12-13H,3-11H2,1-2H3,(H,20,26)(H,21,22). The summed E-state index contributed by atoms with van der Waals surface area (Å²) in [6.45, 7) is 6.29. The molecule has 0 bridgehead atoms. The topological polar surface area (TPSA) is 81.3 Å². The van der Waals surface area contributed by atoms with Crippen molar-refractivity contribution in [2.75, 3.05) is 26.2 Å². The molecule has 1 aromatic rings. The van der Waals surface area contributed by atoms with Crippen LogP contribution in [-0.4, -0.2) is 64.2 Å². The molecule has 0 spiro atoms. The van der Waals surface area contributed by atoms with Crippen molar-refractivity contribution in [3.63, 3.8) is 0 Å². The van der Waals surface area contributed by atoms with Crippen molar-refractivity contribution >= 4 is 27.9 Å². The molecule has 8 heteroatoms. The number of rotatable bonds is 3. The Morgan fingerprint density at radius 2 is 1.73 bits per heavy atom. The number of carbonyl (C=O) groups excluding carboxylic acids is 2. The minimum absolute atomic E-state index is 0.00652. The number of hydrogen-bond acceptors (Lipinski definition) is 3. The largest absolute Gasteiger partial charge is 0.335 e. The fourth-order valence-corrected chi connectivity index (χ4v) is 4.45. The van der Waals surface area contributed by atoms with Gasteiger partial charge in [0.05, 0.1) is 10.2 Å². The number of aromatic amines is 1. The van der Waals surface area contributed by atoms with Gasteiger partial charge >= 0.3 is 6.03 Å². The van der Waals surface area contributed by atoms with Gasteiger partial charge in [-0.05, 0) is 34.7 Å². The highest BCUT2D eigenvalue weighted by Crippen LogP contribution is 2.26. The molecule has 3 rings (SSSR count). The molecule has 2 fully saturated rings. The van der Waals surface area contributed by atoms with E-state index in [4.69, 9.17) is 0 Å². The van der Waals surface area contributed by atoms with Gasteiger partial charge in [-0.25, -0.2) is 4.79 Å². The highest BCUT2D eigenvalue weighted by atomic mass is 79.9. The predicted octanol–water partition coefficient (Wildman–Crippen LogP) is 3.10. The number of aromatic nitrogens is 2. The molecule has 0 aromatic carbocycles. The van der Waals surface area contributed by atoms with Gasteiger partial charge in [-0.2, -0.15) is 5.10 Å². The number of halogens is 1. The molecule has 1 aliphatic heterocycles. The summed E-state index contributed by atoms with van der Waals surface area (Å²) in [5.74, 6) is 0.172. The molecule has 3 amide bonds. The van der Waals surface area contributed by atoms with E-state index >= 15 is 0 Å². The van der Waals surface area contributed by atoms with Crippen LogP contribution in [0.1, 0.15) is 68.1 Å². The van der Waals surface area contributed by atoms with Gasteiger partial charge in [0.2, 0.25) is 0 Å². The lowest BCUT2D eigenvalue weighted by Crippen LogP contribution is -2.54. The molecule has 26 heavy (non-hydrogen) atoms. The first-order chi connectivity index (χ1) is 12.5. The lowest BCUT2D eigenvalue weighted by molar-refractivity contribution is 0.0656. The molecule has 0 unspecified atom stereocenters.